The quantitative estimate of drug-likeness (QED) is 0.697. The molecule has 1 aliphatic carbocycles. The van der Waals surface area contributed by atoms with Crippen LogP contribution in [0.3, 0.4) is 0 Å². The number of hydrogen-bond acceptors (Lipinski definition) is 6. The number of pyridine rings is 2. The van der Waals surface area contributed by atoms with E-state index in [0.29, 0.717) is 24.3 Å². The topological polar surface area (TPSA) is 90.7 Å². The van der Waals surface area contributed by atoms with Gasteiger partial charge in [-0.05, 0) is 31.2 Å². The number of nitrogens with zero attached hydrogens (tertiary/aromatic N) is 2. The molecule has 4 rings (SSSR count). The van der Waals surface area contributed by atoms with Gasteiger partial charge in [0.25, 0.3) is 5.88 Å². The van der Waals surface area contributed by atoms with E-state index >= 15 is 0 Å². The minimum atomic E-state index is -0.619. The first-order valence-electron chi connectivity index (χ1n) is 10.7. The number of fused-ring (bicyclic) bond motifs is 3. The van der Waals surface area contributed by atoms with Gasteiger partial charge in [-0.3, -0.25) is 4.79 Å². The van der Waals surface area contributed by atoms with Gasteiger partial charge < -0.3 is 19.1 Å². The van der Waals surface area contributed by atoms with E-state index in [1.165, 1.54) is 18.9 Å². The fourth-order valence-corrected chi connectivity index (χ4v) is 3.99. The van der Waals surface area contributed by atoms with Crippen LogP contribution in [0.5, 0.6) is 11.6 Å². The number of aromatic nitrogens is 2. The lowest BCUT2D eigenvalue weighted by Crippen LogP contribution is -2.29. The first-order valence-corrected chi connectivity index (χ1v) is 10.7. The fraction of sp³-hybridized carbons (Fsp3) is 0.522. The summed E-state index contributed by atoms with van der Waals surface area (Å²) >= 11 is 0. The number of carbonyl (C=O) groups excluding carboxylic acids is 1. The summed E-state index contributed by atoms with van der Waals surface area (Å²) in [7, 11) is 0. The van der Waals surface area contributed by atoms with Gasteiger partial charge in [-0.1, -0.05) is 26.7 Å². The molecule has 7 nitrogen and oxygen atoms in total. The molecule has 160 valence electrons. The van der Waals surface area contributed by atoms with Crippen molar-refractivity contribution in [3.63, 3.8) is 0 Å². The van der Waals surface area contributed by atoms with E-state index in [4.69, 9.17) is 9.47 Å². The molecule has 0 amide bonds. The van der Waals surface area contributed by atoms with Crippen LogP contribution < -0.4 is 10.2 Å². The van der Waals surface area contributed by atoms with Gasteiger partial charge in [0.1, 0.15) is 5.56 Å². The van der Waals surface area contributed by atoms with E-state index in [9.17, 15) is 14.7 Å². The zero-order chi connectivity index (χ0) is 21.4. The predicted molar refractivity (Wildman–Crippen MR) is 112 cm³/mol. The highest BCUT2D eigenvalue weighted by atomic mass is 16.5. The van der Waals surface area contributed by atoms with Crippen LogP contribution in [-0.4, -0.2) is 33.8 Å². The smallest absolute Gasteiger partial charge is 0.343 e. The molecule has 2 aromatic rings. The van der Waals surface area contributed by atoms with Crippen LogP contribution in [-0.2, 0) is 11.2 Å². The Labute approximate surface area is 175 Å². The Kier molecular flexibility index (Phi) is 5.54. The van der Waals surface area contributed by atoms with Gasteiger partial charge in [-0.25, -0.2) is 9.78 Å². The molecule has 0 radical (unpaired) electrons. The van der Waals surface area contributed by atoms with Crippen molar-refractivity contribution in [1.29, 1.82) is 0 Å². The van der Waals surface area contributed by atoms with E-state index in [2.05, 4.69) is 18.8 Å². The largest absolute Gasteiger partial charge is 0.503 e. The second kappa shape index (κ2) is 8.13. The van der Waals surface area contributed by atoms with Crippen molar-refractivity contribution in [2.75, 3.05) is 13.2 Å². The van der Waals surface area contributed by atoms with Crippen molar-refractivity contribution >= 4 is 5.97 Å². The minimum Gasteiger partial charge on any atom is -0.503 e. The molecule has 1 N–H and O–H groups in total. The molecule has 2 aromatic heterocycles. The molecule has 1 aliphatic heterocycles. The average Bonchev–Trinajstić information content (AvgIpc) is 3.52. The van der Waals surface area contributed by atoms with E-state index < -0.39 is 11.4 Å². The Morgan fingerprint density at radius 2 is 2.10 bits per heavy atom. The summed E-state index contributed by atoms with van der Waals surface area (Å²) in [5, 5.41) is 10.5. The molecular weight excluding hydrogens is 384 g/mol. The molecule has 1 fully saturated rings. The zero-order valence-electron chi connectivity index (χ0n) is 17.7. The van der Waals surface area contributed by atoms with Gasteiger partial charge in [0.15, 0.2) is 11.2 Å². The molecule has 7 heteroatoms. The third-order valence-corrected chi connectivity index (χ3v) is 5.89. The van der Waals surface area contributed by atoms with E-state index in [1.54, 1.807) is 19.2 Å². The Balaban J connectivity index is 1.74. The van der Waals surface area contributed by atoms with E-state index in [0.717, 1.165) is 18.0 Å². The zero-order valence-corrected chi connectivity index (χ0v) is 17.7. The Hall–Kier alpha value is -2.83. The van der Waals surface area contributed by atoms with E-state index in [-0.39, 0.29) is 35.8 Å². The van der Waals surface area contributed by atoms with Crippen LogP contribution in [0.2, 0.25) is 0 Å². The van der Waals surface area contributed by atoms with Crippen molar-refractivity contribution in [2.45, 2.75) is 52.5 Å². The summed E-state index contributed by atoms with van der Waals surface area (Å²) in [5.41, 5.74) is 1.73. The van der Waals surface area contributed by atoms with Gasteiger partial charge in [0.2, 0.25) is 0 Å². The van der Waals surface area contributed by atoms with Crippen LogP contribution in [0.1, 0.15) is 62.1 Å². The molecule has 2 aliphatic rings. The van der Waals surface area contributed by atoms with Gasteiger partial charge in [-0.2, -0.15) is 0 Å². The monoisotopic (exact) mass is 412 g/mol. The Bertz CT molecular complexity index is 1020. The van der Waals surface area contributed by atoms with Crippen molar-refractivity contribution in [3.05, 3.63) is 39.8 Å². The number of carbonyl (C=O) groups is 1. The predicted octanol–water partition coefficient (Wildman–Crippen LogP) is 3.72. The lowest BCUT2D eigenvalue weighted by Gasteiger charge is -2.33. The third kappa shape index (κ3) is 3.93. The molecule has 0 bridgehead atoms. The van der Waals surface area contributed by atoms with Crippen LogP contribution in [0.15, 0.2) is 23.1 Å². The molecule has 30 heavy (non-hydrogen) atoms. The summed E-state index contributed by atoms with van der Waals surface area (Å²) in [6.45, 7) is 6.64. The molecule has 1 unspecified atom stereocenters. The van der Waals surface area contributed by atoms with Crippen LogP contribution in [0.25, 0.3) is 11.3 Å². The lowest BCUT2D eigenvalue weighted by molar-refractivity contribution is 0.0523. The third-order valence-electron chi connectivity index (χ3n) is 5.89. The molecular formula is C23H28N2O5. The molecule has 0 spiro atoms. The summed E-state index contributed by atoms with van der Waals surface area (Å²) in [4.78, 5) is 29.5. The highest BCUT2D eigenvalue weighted by Gasteiger charge is 2.30. The standard InChI is InChI=1S/C23H28N2O5/c1-4-29-23(28)16-12-25-18(13(2)3)10-17-15(19(25)11-20(16)26)9-21(27)22(24-17)30-8-7-14-5-6-14/h9,11-14,18,27H,4-8,10H2,1-3H3. The van der Waals surface area contributed by atoms with Crippen LogP contribution in [0, 0.1) is 11.8 Å². The van der Waals surface area contributed by atoms with Crippen molar-refractivity contribution in [3.8, 4) is 22.9 Å². The summed E-state index contributed by atoms with van der Waals surface area (Å²) in [6, 6.07) is 3.06. The van der Waals surface area contributed by atoms with E-state index in [1.807, 2.05) is 4.57 Å². The summed E-state index contributed by atoms with van der Waals surface area (Å²) < 4.78 is 12.7. The van der Waals surface area contributed by atoms with Crippen molar-refractivity contribution < 1.29 is 19.4 Å². The maximum absolute atomic E-state index is 12.6. The Morgan fingerprint density at radius 1 is 1.33 bits per heavy atom. The summed E-state index contributed by atoms with van der Waals surface area (Å²) in [5.74, 6) is 0.565. The minimum absolute atomic E-state index is 0.0117. The van der Waals surface area contributed by atoms with Gasteiger partial charge in [-0.15, -0.1) is 0 Å². The first-order chi connectivity index (χ1) is 14.4. The van der Waals surface area contributed by atoms with Crippen molar-refractivity contribution in [1.82, 2.24) is 9.55 Å². The maximum Gasteiger partial charge on any atom is 0.343 e. The summed E-state index contributed by atoms with van der Waals surface area (Å²) in [6.07, 6.45) is 5.68. The number of hydrogen-bond donors (Lipinski definition) is 1. The number of rotatable bonds is 7. The first kappa shape index (κ1) is 20.4. The highest BCUT2D eigenvalue weighted by Crippen LogP contribution is 2.40. The molecule has 1 atom stereocenters. The molecule has 0 aromatic carbocycles. The number of esters is 1. The Morgan fingerprint density at radius 3 is 2.77 bits per heavy atom. The second-order valence-electron chi connectivity index (χ2n) is 8.47. The van der Waals surface area contributed by atoms with Crippen LogP contribution in [0.4, 0.5) is 0 Å². The normalized spacial score (nSPS) is 17.4. The highest BCUT2D eigenvalue weighted by molar-refractivity contribution is 5.89. The molecule has 3 heterocycles. The van der Waals surface area contributed by atoms with Crippen LogP contribution >= 0.6 is 0 Å². The number of ether oxygens (including phenoxy) is 2. The fourth-order valence-electron chi connectivity index (χ4n) is 3.99. The molecule has 1 saturated carbocycles. The van der Waals surface area contributed by atoms with Gasteiger partial charge in [0, 0.05) is 30.3 Å². The number of aromatic hydroxyl groups is 1. The lowest BCUT2D eigenvalue weighted by atomic mass is 9.90. The maximum atomic E-state index is 12.6. The SMILES string of the molecule is CCOC(=O)c1cn2c(cc1=O)-c1cc(O)c(OCCC3CC3)nc1CC2C(C)C. The van der Waals surface area contributed by atoms with Gasteiger partial charge >= 0.3 is 5.97 Å². The average molecular weight is 412 g/mol. The van der Waals surface area contributed by atoms with Gasteiger partial charge in [0.05, 0.1) is 24.6 Å². The molecule has 0 saturated heterocycles. The van der Waals surface area contributed by atoms with Crippen molar-refractivity contribution in [2.24, 2.45) is 11.8 Å². The second-order valence-corrected chi connectivity index (χ2v) is 8.47.